The summed E-state index contributed by atoms with van der Waals surface area (Å²) >= 11 is 0. The average molecular weight is 294 g/mol. The number of benzene rings is 1. The number of nitrogens with zero attached hydrogens (tertiary/aromatic N) is 1. The lowest BCUT2D eigenvalue weighted by molar-refractivity contribution is -0.0498. The summed E-state index contributed by atoms with van der Waals surface area (Å²) in [7, 11) is 1.68. The summed E-state index contributed by atoms with van der Waals surface area (Å²) in [6.07, 6.45) is 1.70. The van der Waals surface area contributed by atoms with Crippen molar-refractivity contribution < 1.29 is 13.5 Å². The van der Waals surface area contributed by atoms with Gasteiger partial charge in [0, 0.05) is 25.4 Å². The standard InChI is InChI=1S/C15H16F2N2O2/c1-10(18-12-5-8-14(20)19(2)9-12)11-3-6-13(7-4-11)21-15(16)17/h3-10,15,18H,1-2H3. The molecule has 0 spiro atoms. The molecular weight excluding hydrogens is 278 g/mol. The lowest BCUT2D eigenvalue weighted by Gasteiger charge is -2.16. The van der Waals surface area contributed by atoms with Crippen molar-refractivity contribution in [3.8, 4) is 5.75 Å². The van der Waals surface area contributed by atoms with Crippen LogP contribution >= 0.6 is 0 Å². The Morgan fingerprint density at radius 3 is 2.38 bits per heavy atom. The Morgan fingerprint density at radius 2 is 1.81 bits per heavy atom. The van der Waals surface area contributed by atoms with Gasteiger partial charge in [-0.1, -0.05) is 12.1 Å². The Labute approximate surface area is 121 Å². The van der Waals surface area contributed by atoms with E-state index in [0.29, 0.717) is 0 Å². The van der Waals surface area contributed by atoms with Crippen LogP contribution < -0.4 is 15.6 Å². The number of ether oxygens (including phenoxy) is 1. The van der Waals surface area contributed by atoms with Crippen LogP contribution in [0, 0.1) is 0 Å². The van der Waals surface area contributed by atoms with Gasteiger partial charge in [0.1, 0.15) is 5.75 Å². The Kier molecular flexibility index (Phi) is 4.57. The molecule has 0 radical (unpaired) electrons. The molecule has 0 bridgehead atoms. The highest BCUT2D eigenvalue weighted by atomic mass is 19.3. The van der Waals surface area contributed by atoms with Gasteiger partial charge in [-0.2, -0.15) is 8.78 Å². The lowest BCUT2D eigenvalue weighted by Crippen LogP contribution is -2.16. The Hall–Kier alpha value is -2.37. The molecule has 2 aromatic rings. The summed E-state index contributed by atoms with van der Waals surface area (Å²) in [5, 5.41) is 3.24. The van der Waals surface area contributed by atoms with Gasteiger partial charge >= 0.3 is 6.61 Å². The highest BCUT2D eigenvalue weighted by Gasteiger charge is 2.08. The van der Waals surface area contributed by atoms with Gasteiger partial charge in [0.2, 0.25) is 5.56 Å². The zero-order valence-electron chi connectivity index (χ0n) is 11.7. The van der Waals surface area contributed by atoms with Gasteiger partial charge in [0.25, 0.3) is 0 Å². The van der Waals surface area contributed by atoms with Crippen molar-refractivity contribution in [3.63, 3.8) is 0 Å². The van der Waals surface area contributed by atoms with E-state index in [4.69, 9.17) is 0 Å². The van der Waals surface area contributed by atoms with E-state index in [0.717, 1.165) is 11.3 Å². The van der Waals surface area contributed by atoms with E-state index in [1.54, 1.807) is 31.4 Å². The molecule has 1 unspecified atom stereocenters. The number of rotatable bonds is 5. The third kappa shape index (κ3) is 4.05. The molecule has 2 rings (SSSR count). The first-order chi connectivity index (χ1) is 9.95. The first-order valence-corrected chi connectivity index (χ1v) is 6.43. The molecule has 1 heterocycles. The van der Waals surface area contributed by atoms with Crippen LogP contribution in [-0.2, 0) is 7.05 Å². The molecule has 1 atom stereocenters. The maximum absolute atomic E-state index is 12.1. The normalized spacial score (nSPS) is 12.2. The van der Waals surface area contributed by atoms with Crippen molar-refractivity contribution >= 4 is 5.69 Å². The van der Waals surface area contributed by atoms with Crippen LogP contribution in [0.25, 0.3) is 0 Å². The molecule has 0 saturated carbocycles. The first kappa shape index (κ1) is 15.0. The second-order valence-corrected chi connectivity index (χ2v) is 4.68. The quantitative estimate of drug-likeness (QED) is 0.921. The van der Waals surface area contributed by atoms with Crippen molar-refractivity contribution in [1.29, 1.82) is 0 Å². The Bertz CT molecular complexity index is 653. The summed E-state index contributed by atoms with van der Waals surface area (Å²) in [6.45, 7) is -0.884. The second kappa shape index (κ2) is 6.39. The summed E-state index contributed by atoms with van der Waals surface area (Å²) < 4.78 is 29.9. The monoisotopic (exact) mass is 294 g/mol. The summed E-state index contributed by atoms with van der Waals surface area (Å²) in [5.41, 5.74) is 1.64. The molecule has 0 aliphatic rings. The lowest BCUT2D eigenvalue weighted by atomic mass is 10.1. The zero-order chi connectivity index (χ0) is 15.4. The van der Waals surface area contributed by atoms with E-state index in [1.807, 2.05) is 6.92 Å². The summed E-state index contributed by atoms with van der Waals surface area (Å²) in [4.78, 5) is 11.3. The highest BCUT2D eigenvalue weighted by Crippen LogP contribution is 2.22. The third-order valence-electron chi connectivity index (χ3n) is 3.07. The number of aryl methyl sites for hydroxylation is 1. The van der Waals surface area contributed by atoms with Crippen LogP contribution in [0.1, 0.15) is 18.5 Å². The van der Waals surface area contributed by atoms with Gasteiger partial charge in [0.15, 0.2) is 0 Å². The van der Waals surface area contributed by atoms with Gasteiger partial charge < -0.3 is 14.6 Å². The van der Waals surface area contributed by atoms with Gasteiger partial charge in [0.05, 0.1) is 5.69 Å². The largest absolute Gasteiger partial charge is 0.435 e. The molecule has 4 nitrogen and oxygen atoms in total. The molecular formula is C15H16F2N2O2. The van der Waals surface area contributed by atoms with Crippen molar-refractivity contribution in [2.75, 3.05) is 5.32 Å². The van der Waals surface area contributed by atoms with Crippen LogP contribution in [0.3, 0.4) is 0 Å². The number of hydrogen-bond acceptors (Lipinski definition) is 3. The molecule has 0 saturated heterocycles. The zero-order valence-corrected chi connectivity index (χ0v) is 11.7. The minimum absolute atomic E-state index is 0.0388. The van der Waals surface area contributed by atoms with Crippen LogP contribution in [0.4, 0.5) is 14.5 Å². The van der Waals surface area contributed by atoms with Gasteiger partial charge in [-0.25, -0.2) is 0 Å². The number of aromatic nitrogens is 1. The van der Waals surface area contributed by atoms with E-state index in [2.05, 4.69) is 10.1 Å². The van der Waals surface area contributed by atoms with Crippen LogP contribution in [0.15, 0.2) is 47.4 Å². The number of hydrogen-bond donors (Lipinski definition) is 1. The molecule has 21 heavy (non-hydrogen) atoms. The molecule has 112 valence electrons. The molecule has 0 aliphatic carbocycles. The third-order valence-corrected chi connectivity index (χ3v) is 3.07. The first-order valence-electron chi connectivity index (χ1n) is 6.43. The molecule has 1 aromatic heterocycles. The Balaban J connectivity index is 2.07. The molecule has 6 heteroatoms. The van der Waals surface area contributed by atoms with E-state index >= 15 is 0 Å². The minimum atomic E-state index is -2.82. The predicted octanol–water partition coefficient (Wildman–Crippen LogP) is 3.16. The maximum Gasteiger partial charge on any atom is 0.387 e. The maximum atomic E-state index is 12.1. The molecule has 0 aliphatic heterocycles. The fraction of sp³-hybridized carbons (Fsp3) is 0.267. The molecule has 1 aromatic carbocycles. The van der Waals surface area contributed by atoms with Crippen LogP contribution in [-0.4, -0.2) is 11.2 Å². The number of alkyl halides is 2. The van der Waals surface area contributed by atoms with Crippen LogP contribution in [0.2, 0.25) is 0 Å². The second-order valence-electron chi connectivity index (χ2n) is 4.68. The number of pyridine rings is 1. The fourth-order valence-corrected chi connectivity index (χ4v) is 1.95. The van der Waals surface area contributed by atoms with Crippen molar-refractivity contribution in [3.05, 3.63) is 58.5 Å². The number of halogens is 2. The number of anilines is 1. The van der Waals surface area contributed by atoms with Gasteiger partial charge in [-0.05, 0) is 30.7 Å². The summed E-state index contributed by atoms with van der Waals surface area (Å²) in [5.74, 6) is 0.128. The average Bonchev–Trinajstić information content (AvgIpc) is 2.43. The SMILES string of the molecule is CC(Nc1ccc(=O)n(C)c1)c1ccc(OC(F)F)cc1. The minimum Gasteiger partial charge on any atom is -0.435 e. The number of nitrogens with one attached hydrogen (secondary N) is 1. The fourth-order valence-electron chi connectivity index (χ4n) is 1.95. The summed E-state index contributed by atoms with van der Waals surface area (Å²) in [6, 6.07) is 9.58. The molecule has 0 fully saturated rings. The highest BCUT2D eigenvalue weighted by molar-refractivity contribution is 5.43. The van der Waals surface area contributed by atoms with Crippen molar-refractivity contribution in [1.82, 2.24) is 4.57 Å². The van der Waals surface area contributed by atoms with Crippen molar-refractivity contribution in [2.24, 2.45) is 7.05 Å². The molecule has 1 N–H and O–H groups in total. The smallest absolute Gasteiger partial charge is 0.387 e. The van der Waals surface area contributed by atoms with Gasteiger partial charge in [-0.3, -0.25) is 4.79 Å². The predicted molar refractivity (Wildman–Crippen MR) is 76.8 cm³/mol. The topological polar surface area (TPSA) is 43.3 Å². The Morgan fingerprint density at radius 1 is 1.14 bits per heavy atom. The van der Waals surface area contributed by atoms with Crippen molar-refractivity contribution in [2.45, 2.75) is 19.6 Å². The van der Waals surface area contributed by atoms with E-state index < -0.39 is 6.61 Å². The molecule has 0 amide bonds. The van der Waals surface area contributed by atoms with Gasteiger partial charge in [-0.15, -0.1) is 0 Å². The van der Waals surface area contributed by atoms with E-state index in [9.17, 15) is 13.6 Å². The van der Waals surface area contributed by atoms with Crippen LogP contribution in [0.5, 0.6) is 5.75 Å². The van der Waals surface area contributed by atoms with E-state index in [-0.39, 0.29) is 17.4 Å². The van der Waals surface area contributed by atoms with E-state index in [1.165, 1.54) is 22.8 Å².